The Kier molecular flexibility index (Phi) is 5.55. The summed E-state index contributed by atoms with van der Waals surface area (Å²) in [4.78, 5) is 40.4. The zero-order valence-electron chi connectivity index (χ0n) is 15.3. The molecule has 0 unspecified atom stereocenters. The van der Waals surface area contributed by atoms with Gasteiger partial charge in [-0.3, -0.25) is 30.3 Å². The number of nitro groups is 2. The molecule has 0 fully saturated rings. The molecule has 1 amide bonds. The van der Waals surface area contributed by atoms with Crippen molar-refractivity contribution >= 4 is 56.5 Å². The smallest absolute Gasteiger partial charge is 0.277 e. The fraction of sp³-hybridized carbons (Fsp3) is 0.0588. The highest BCUT2D eigenvalue weighted by Crippen LogP contribution is 2.29. The molecule has 2 heterocycles. The summed E-state index contributed by atoms with van der Waals surface area (Å²) in [5.41, 5.74) is 0.439. The fourth-order valence-corrected chi connectivity index (χ4v) is 4.25. The highest BCUT2D eigenvalue weighted by molar-refractivity contribution is 8.00. The minimum Gasteiger partial charge on any atom is -0.341 e. The lowest BCUT2D eigenvalue weighted by Crippen LogP contribution is -2.12. The highest BCUT2D eigenvalue weighted by Gasteiger charge is 2.21. The van der Waals surface area contributed by atoms with Crippen molar-refractivity contribution in [2.75, 3.05) is 5.32 Å². The van der Waals surface area contributed by atoms with Gasteiger partial charge < -0.3 is 4.98 Å². The molecule has 0 aliphatic heterocycles. The number of imidazole rings is 1. The Morgan fingerprint density at radius 2 is 1.81 bits per heavy atom. The summed E-state index contributed by atoms with van der Waals surface area (Å²) in [7, 11) is 0. The number of anilines is 1. The van der Waals surface area contributed by atoms with Gasteiger partial charge in [0.2, 0.25) is 5.13 Å². The van der Waals surface area contributed by atoms with Crippen LogP contribution in [-0.2, 0) is 5.75 Å². The summed E-state index contributed by atoms with van der Waals surface area (Å²) in [5, 5.41) is 32.4. The number of carbonyl (C=O) groups excluding carboxylic acids is 1. The number of rotatable bonds is 7. The predicted octanol–water partition coefficient (Wildman–Crippen LogP) is 3.78. The second-order valence-corrected chi connectivity index (χ2v) is 8.27. The van der Waals surface area contributed by atoms with E-state index in [9.17, 15) is 25.0 Å². The maximum atomic E-state index is 12.4. The van der Waals surface area contributed by atoms with E-state index in [1.807, 2.05) is 24.3 Å². The van der Waals surface area contributed by atoms with Gasteiger partial charge in [-0.25, -0.2) is 4.98 Å². The maximum absolute atomic E-state index is 12.4. The number of thioether (sulfide) groups is 1. The first kappa shape index (κ1) is 20.4. The van der Waals surface area contributed by atoms with Crippen LogP contribution in [0, 0.1) is 20.2 Å². The third-order valence-electron chi connectivity index (χ3n) is 3.98. The van der Waals surface area contributed by atoms with E-state index in [4.69, 9.17) is 0 Å². The zero-order valence-corrected chi connectivity index (χ0v) is 17.0. The molecular weight excluding hydrogens is 446 g/mol. The van der Waals surface area contributed by atoms with Crippen molar-refractivity contribution in [3.05, 3.63) is 74.1 Å². The zero-order chi connectivity index (χ0) is 22.0. The molecule has 2 aromatic heterocycles. The molecule has 12 nitrogen and oxygen atoms in total. The Morgan fingerprint density at radius 3 is 2.48 bits per heavy atom. The first-order valence-corrected chi connectivity index (χ1v) is 10.3. The van der Waals surface area contributed by atoms with Gasteiger partial charge in [-0.05, 0) is 12.1 Å². The summed E-state index contributed by atoms with van der Waals surface area (Å²) >= 11 is 2.47. The minimum atomic E-state index is -0.804. The lowest BCUT2D eigenvalue weighted by Gasteiger charge is -2.01. The van der Waals surface area contributed by atoms with E-state index in [1.54, 1.807) is 0 Å². The normalized spacial score (nSPS) is 10.8. The van der Waals surface area contributed by atoms with Crippen LogP contribution < -0.4 is 5.32 Å². The molecule has 0 atom stereocenters. The Balaban J connectivity index is 1.44. The van der Waals surface area contributed by atoms with Crippen molar-refractivity contribution in [1.82, 2.24) is 20.2 Å². The molecule has 0 saturated heterocycles. The van der Waals surface area contributed by atoms with Crippen LogP contribution in [0.2, 0.25) is 0 Å². The third kappa shape index (κ3) is 4.65. The second kappa shape index (κ2) is 8.45. The van der Waals surface area contributed by atoms with Gasteiger partial charge in [0.15, 0.2) is 4.34 Å². The number of hydrogen-bond acceptors (Lipinski definition) is 10. The highest BCUT2D eigenvalue weighted by atomic mass is 32.2. The summed E-state index contributed by atoms with van der Waals surface area (Å²) in [6, 6.07) is 10.3. The van der Waals surface area contributed by atoms with Crippen LogP contribution in [0.4, 0.5) is 16.5 Å². The van der Waals surface area contributed by atoms with Gasteiger partial charge in [0.25, 0.3) is 17.3 Å². The summed E-state index contributed by atoms with van der Waals surface area (Å²) in [5.74, 6) is 0.501. The quantitative estimate of drug-likeness (QED) is 0.181. The standard InChI is InChI=1S/C17H11N7O5S2/c25-15(9-5-10(23(26)27)7-11(6-9)24(28)29)20-16-21-22-17(31-16)30-8-14-18-12-3-1-2-4-13(12)19-14/h1-7H,8H2,(H,18,19)(H,20,21,25). The number of aromatic amines is 1. The van der Waals surface area contributed by atoms with E-state index < -0.39 is 27.1 Å². The van der Waals surface area contributed by atoms with Gasteiger partial charge in [-0.2, -0.15) is 0 Å². The first-order valence-electron chi connectivity index (χ1n) is 8.54. The summed E-state index contributed by atoms with van der Waals surface area (Å²) in [6.45, 7) is 0. The van der Waals surface area contributed by atoms with Crippen molar-refractivity contribution < 1.29 is 14.6 Å². The molecule has 31 heavy (non-hydrogen) atoms. The average Bonchev–Trinajstić information content (AvgIpc) is 3.37. The van der Waals surface area contributed by atoms with Gasteiger partial charge in [-0.1, -0.05) is 35.2 Å². The summed E-state index contributed by atoms with van der Waals surface area (Å²) < 4.78 is 0.570. The topological polar surface area (TPSA) is 170 Å². The molecule has 0 aliphatic carbocycles. The molecule has 2 aromatic carbocycles. The monoisotopic (exact) mass is 457 g/mol. The van der Waals surface area contributed by atoms with Crippen molar-refractivity contribution in [2.45, 2.75) is 10.1 Å². The van der Waals surface area contributed by atoms with E-state index in [-0.39, 0.29) is 10.7 Å². The largest absolute Gasteiger partial charge is 0.341 e. The molecular formula is C17H11N7O5S2. The van der Waals surface area contributed by atoms with Crippen LogP contribution >= 0.6 is 23.1 Å². The Hall–Kier alpha value is -3.91. The van der Waals surface area contributed by atoms with Crippen molar-refractivity contribution in [2.24, 2.45) is 0 Å². The minimum absolute atomic E-state index is 0.159. The van der Waals surface area contributed by atoms with Crippen molar-refractivity contribution in [3.8, 4) is 0 Å². The molecule has 0 saturated carbocycles. The number of non-ortho nitro benzene ring substituents is 2. The van der Waals surface area contributed by atoms with Gasteiger partial charge in [-0.15, -0.1) is 10.2 Å². The van der Waals surface area contributed by atoms with Crippen molar-refractivity contribution in [1.29, 1.82) is 0 Å². The summed E-state index contributed by atoms with van der Waals surface area (Å²) in [6.07, 6.45) is 0. The van der Waals surface area contributed by atoms with Crippen LogP contribution in [0.15, 0.2) is 46.8 Å². The Labute approximate surface area is 181 Å². The Bertz CT molecular complexity index is 1250. The SMILES string of the molecule is O=C(Nc1nnc(SCc2nc3ccccc3[nH]2)s1)c1cc([N+](=O)[O-])cc([N+](=O)[O-])c1. The molecule has 0 radical (unpaired) electrons. The van der Waals surface area contributed by atoms with Crippen LogP contribution in [0.3, 0.4) is 0 Å². The van der Waals surface area contributed by atoms with E-state index in [0.29, 0.717) is 10.1 Å². The molecule has 0 bridgehead atoms. The van der Waals surface area contributed by atoms with Gasteiger partial charge in [0.05, 0.1) is 38.3 Å². The van der Waals surface area contributed by atoms with E-state index in [1.165, 1.54) is 11.8 Å². The number of nitro benzene ring substituents is 2. The number of benzene rings is 2. The molecule has 14 heteroatoms. The van der Waals surface area contributed by atoms with Crippen LogP contribution in [0.5, 0.6) is 0 Å². The van der Waals surface area contributed by atoms with Crippen LogP contribution in [0.25, 0.3) is 11.0 Å². The number of carbonyl (C=O) groups is 1. The predicted molar refractivity (Wildman–Crippen MR) is 113 cm³/mol. The molecule has 156 valence electrons. The molecule has 4 rings (SSSR count). The number of nitrogens with one attached hydrogen (secondary N) is 2. The Morgan fingerprint density at radius 1 is 1.10 bits per heavy atom. The third-order valence-corrected chi connectivity index (χ3v) is 5.97. The number of nitrogens with zero attached hydrogens (tertiary/aromatic N) is 5. The lowest BCUT2D eigenvalue weighted by molar-refractivity contribution is -0.394. The lowest BCUT2D eigenvalue weighted by atomic mass is 10.1. The fourth-order valence-electron chi connectivity index (χ4n) is 2.63. The molecule has 0 aliphatic rings. The van der Waals surface area contributed by atoms with Gasteiger partial charge in [0, 0.05) is 12.1 Å². The first-order chi connectivity index (χ1) is 14.9. The number of aromatic nitrogens is 4. The van der Waals surface area contributed by atoms with E-state index >= 15 is 0 Å². The van der Waals surface area contributed by atoms with Gasteiger partial charge in [0.1, 0.15) is 5.82 Å². The van der Waals surface area contributed by atoms with Gasteiger partial charge >= 0.3 is 0 Å². The maximum Gasteiger partial charge on any atom is 0.277 e. The van der Waals surface area contributed by atoms with E-state index in [2.05, 4.69) is 25.5 Å². The average molecular weight is 457 g/mol. The molecule has 4 aromatic rings. The van der Waals surface area contributed by atoms with Crippen molar-refractivity contribution in [3.63, 3.8) is 0 Å². The van der Waals surface area contributed by atoms with Crippen LogP contribution in [-0.4, -0.2) is 35.9 Å². The second-order valence-electron chi connectivity index (χ2n) is 6.07. The number of H-pyrrole nitrogens is 1. The van der Waals surface area contributed by atoms with E-state index in [0.717, 1.165) is 46.4 Å². The molecule has 2 N–H and O–H groups in total. The number of amides is 1. The van der Waals surface area contributed by atoms with Crippen LogP contribution in [0.1, 0.15) is 16.2 Å². The molecule has 0 spiro atoms. The number of hydrogen-bond donors (Lipinski definition) is 2. The number of para-hydroxylation sites is 2. The number of fused-ring (bicyclic) bond motifs is 1.